The van der Waals surface area contributed by atoms with Crippen LogP contribution in [0.4, 0.5) is 5.82 Å². The smallest absolute Gasteiger partial charge is 0.162 e. The van der Waals surface area contributed by atoms with Crippen molar-refractivity contribution in [2.75, 3.05) is 12.4 Å². The van der Waals surface area contributed by atoms with Crippen molar-refractivity contribution in [2.24, 2.45) is 0 Å². The molecule has 0 radical (unpaired) electrons. The van der Waals surface area contributed by atoms with Crippen LogP contribution in [0.3, 0.4) is 0 Å². The zero-order valence-electron chi connectivity index (χ0n) is 12.6. The number of aromatic nitrogens is 2. The van der Waals surface area contributed by atoms with Crippen molar-refractivity contribution in [1.82, 2.24) is 9.97 Å². The molecule has 0 aliphatic carbocycles. The van der Waals surface area contributed by atoms with Crippen molar-refractivity contribution < 1.29 is 0 Å². The second-order valence-electron chi connectivity index (χ2n) is 5.03. The van der Waals surface area contributed by atoms with E-state index in [0.717, 1.165) is 32.9 Å². The van der Waals surface area contributed by atoms with Gasteiger partial charge in [0.25, 0.3) is 0 Å². The molecular weight excluding hydrogens is 361 g/mol. The number of halogens is 1. The van der Waals surface area contributed by atoms with E-state index >= 15 is 0 Å². The maximum absolute atomic E-state index is 4.76. The Kier molecular flexibility index (Phi) is 4.62. The van der Waals surface area contributed by atoms with E-state index < -0.39 is 0 Å². The van der Waals surface area contributed by atoms with Gasteiger partial charge in [-0.15, -0.1) is 0 Å². The van der Waals surface area contributed by atoms with E-state index in [1.54, 1.807) is 0 Å². The first kappa shape index (κ1) is 15.2. The van der Waals surface area contributed by atoms with Crippen LogP contribution >= 0.6 is 22.6 Å². The minimum Gasteiger partial charge on any atom is -0.372 e. The van der Waals surface area contributed by atoms with Crippen molar-refractivity contribution >= 4 is 28.4 Å². The van der Waals surface area contributed by atoms with Crippen LogP contribution in [-0.2, 0) is 6.42 Å². The van der Waals surface area contributed by atoms with Crippen molar-refractivity contribution in [2.45, 2.75) is 34.1 Å². The van der Waals surface area contributed by atoms with E-state index in [1.165, 1.54) is 16.7 Å². The van der Waals surface area contributed by atoms with Crippen LogP contribution in [0, 0.1) is 24.3 Å². The minimum atomic E-state index is 0.821. The van der Waals surface area contributed by atoms with Crippen LogP contribution in [-0.4, -0.2) is 17.0 Å². The summed E-state index contributed by atoms with van der Waals surface area (Å²) in [6.07, 6.45) is 0.909. The molecule has 0 saturated carbocycles. The molecule has 0 unspecified atom stereocenters. The lowest BCUT2D eigenvalue weighted by Gasteiger charge is -2.14. The van der Waals surface area contributed by atoms with Crippen LogP contribution in [0.25, 0.3) is 11.4 Å². The molecule has 4 heteroatoms. The molecular formula is C16H20IN3. The van der Waals surface area contributed by atoms with Gasteiger partial charge in [-0.25, -0.2) is 9.97 Å². The molecule has 20 heavy (non-hydrogen) atoms. The summed E-state index contributed by atoms with van der Waals surface area (Å²) in [7, 11) is 1.91. The molecule has 2 rings (SSSR count). The first-order valence-corrected chi connectivity index (χ1v) is 7.88. The lowest BCUT2D eigenvalue weighted by atomic mass is 9.99. The average molecular weight is 381 g/mol. The number of hydrogen-bond donors (Lipinski definition) is 1. The van der Waals surface area contributed by atoms with Crippen LogP contribution in [0.2, 0.25) is 0 Å². The quantitative estimate of drug-likeness (QED) is 0.807. The molecule has 3 nitrogen and oxygen atoms in total. The Morgan fingerprint density at radius 1 is 1.10 bits per heavy atom. The van der Waals surface area contributed by atoms with E-state index in [4.69, 9.17) is 9.97 Å². The molecule has 0 fully saturated rings. The average Bonchev–Trinajstić information content (AvgIpc) is 2.39. The van der Waals surface area contributed by atoms with Gasteiger partial charge in [0, 0.05) is 12.6 Å². The lowest BCUT2D eigenvalue weighted by molar-refractivity contribution is 0.986. The summed E-state index contributed by atoms with van der Waals surface area (Å²) < 4.78 is 1.11. The third kappa shape index (κ3) is 2.80. The first-order chi connectivity index (χ1) is 9.47. The molecule has 0 aliphatic rings. The molecule has 0 aliphatic heterocycles. The molecule has 0 bridgehead atoms. The number of hydrogen-bond acceptors (Lipinski definition) is 3. The summed E-state index contributed by atoms with van der Waals surface area (Å²) in [5, 5.41) is 3.17. The Bertz CT molecular complexity index is 602. The van der Waals surface area contributed by atoms with Gasteiger partial charge in [0.2, 0.25) is 0 Å². The normalized spacial score (nSPS) is 10.7. The first-order valence-electron chi connectivity index (χ1n) is 6.80. The SMILES string of the molecule is CCc1nc(-c2c(C)cc(C)cc2C)nc(NC)c1I. The van der Waals surface area contributed by atoms with Crippen LogP contribution in [0.1, 0.15) is 29.3 Å². The predicted octanol–water partition coefficient (Wildman–Crippen LogP) is 4.28. The molecule has 0 saturated heterocycles. The molecule has 1 heterocycles. The monoisotopic (exact) mass is 381 g/mol. The molecule has 1 aromatic carbocycles. The van der Waals surface area contributed by atoms with Crippen molar-refractivity contribution in [3.05, 3.63) is 38.1 Å². The number of anilines is 1. The fourth-order valence-corrected chi connectivity index (χ4v) is 3.43. The molecule has 1 aromatic heterocycles. The van der Waals surface area contributed by atoms with Gasteiger partial charge in [-0.05, 0) is 60.9 Å². The second-order valence-corrected chi connectivity index (χ2v) is 6.11. The van der Waals surface area contributed by atoms with Crippen molar-refractivity contribution in [1.29, 1.82) is 0 Å². The topological polar surface area (TPSA) is 37.8 Å². The predicted molar refractivity (Wildman–Crippen MR) is 93.3 cm³/mol. The van der Waals surface area contributed by atoms with Crippen molar-refractivity contribution in [3.63, 3.8) is 0 Å². The zero-order chi connectivity index (χ0) is 14.9. The highest BCUT2D eigenvalue weighted by Gasteiger charge is 2.15. The number of benzene rings is 1. The van der Waals surface area contributed by atoms with E-state index in [9.17, 15) is 0 Å². The number of rotatable bonds is 3. The van der Waals surface area contributed by atoms with E-state index in [0.29, 0.717) is 0 Å². The standard InChI is InChI=1S/C16H20IN3/c1-6-12-14(17)16(18-5)20-15(19-12)13-10(3)7-9(2)8-11(13)4/h7-8H,6H2,1-5H3,(H,18,19,20). The summed E-state index contributed by atoms with van der Waals surface area (Å²) in [5.74, 6) is 1.73. The largest absolute Gasteiger partial charge is 0.372 e. The molecule has 0 amide bonds. The number of nitrogens with one attached hydrogen (secondary N) is 1. The van der Waals surface area contributed by atoms with Gasteiger partial charge >= 0.3 is 0 Å². The van der Waals surface area contributed by atoms with Gasteiger partial charge in [0.1, 0.15) is 5.82 Å². The minimum absolute atomic E-state index is 0.821. The van der Waals surface area contributed by atoms with Gasteiger partial charge in [0.05, 0.1) is 9.26 Å². The molecule has 0 spiro atoms. The third-order valence-corrected chi connectivity index (χ3v) is 4.53. The van der Waals surface area contributed by atoms with Crippen LogP contribution < -0.4 is 5.32 Å². The summed E-state index contributed by atoms with van der Waals surface area (Å²) in [6, 6.07) is 4.38. The number of nitrogens with zero attached hydrogens (tertiary/aromatic N) is 2. The maximum atomic E-state index is 4.76. The van der Waals surface area contributed by atoms with Gasteiger partial charge in [-0.2, -0.15) is 0 Å². The van der Waals surface area contributed by atoms with Gasteiger partial charge in [0.15, 0.2) is 5.82 Å². The molecule has 106 valence electrons. The Morgan fingerprint density at radius 3 is 2.20 bits per heavy atom. The second kappa shape index (κ2) is 6.08. The molecule has 2 aromatic rings. The van der Waals surface area contributed by atoms with Crippen molar-refractivity contribution in [3.8, 4) is 11.4 Å². The van der Waals surface area contributed by atoms with Gasteiger partial charge < -0.3 is 5.32 Å². The van der Waals surface area contributed by atoms with Gasteiger partial charge in [-0.1, -0.05) is 24.6 Å². The Balaban J connectivity index is 2.70. The summed E-state index contributed by atoms with van der Waals surface area (Å²) in [4.78, 5) is 9.45. The summed E-state index contributed by atoms with van der Waals surface area (Å²) >= 11 is 2.31. The number of aryl methyl sites for hydroxylation is 4. The zero-order valence-corrected chi connectivity index (χ0v) is 14.8. The highest BCUT2D eigenvalue weighted by atomic mass is 127. The van der Waals surface area contributed by atoms with E-state index in [2.05, 4.69) is 67.7 Å². The Labute approximate surface area is 134 Å². The lowest BCUT2D eigenvalue weighted by Crippen LogP contribution is -2.06. The fourth-order valence-electron chi connectivity index (χ4n) is 2.54. The van der Waals surface area contributed by atoms with Gasteiger partial charge in [-0.3, -0.25) is 0 Å². The van der Waals surface area contributed by atoms with E-state index in [-0.39, 0.29) is 0 Å². The van der Waals surface area contributed by atoms with Crippen LogP contribution in [0.5, 0.6) is 0 Å². The summed E-state index contributed by atoms with van der Waals surface area (Å²) in [6.45, 7) is 8.50. The Morgan fingerprint density at radius 2 is 1.70 bits per heavy atom. The summed E-state index contributed by atoms with van der Waals surface area (Å²) in [5.41, 5.74) is 5.98. The third-order valence-electron chi connectivity index (χ3n) is 3.39. The highest BCUT2D eigenvalue weighted by Crippen LogP contribution is 2.29. The maximum Gasteiger partial charge on any atom is 0.162 e. The fraction of sp³-hybridized carbons (Fsp3) is 0.375. The van der Waals surface area contributed by atoms with E-state index in [1.807, 2.05) is 7.05 Å². The van der Waals surface area contributed by atoms with Crippen LogP contribution in [0.15, 0.2) is 12.1 Å². The Hall–Kier alpha value is -1.17. The molecule has 0 atom stereocenters. The molecule has 1 N–H and O–H groups in total. The highest BCUT2D eigenvalue weighted by molar-refractivity contribution is 14.1.